The Kier molecular flexibility index (Phi) is 5.32. The zero-order valence-corrected chi connectivity index (χ0v) is 10.5. The second kappa shape index (κ2) is 6.76. The van der Waals surface area contributed by atoms with Crippen molar-refractivity contribution in [3.8, 4) is 0 Å². The fourth-order valence-electron chi connectivity index (χ4n) is 1.62. The molecule has 98 valence electrons. The van der Waals surface area contributed by atoms with Gasteiger partial charge < -0.3 is 15.7 Å². The Hall–Kier alpha value is -1.88. The van der Waals surface area contributed by atoms with Gasteiger partial charge in [0, 0.05) is 12.5 Å². The van der Waals surface area contributed by atoms with Crippen LogP contribution < -0.4 is 10.6 Å². The summed E-state index contributed by atoms with van der Waals surface area (Å²) in [4.78, 5) is 23.0. The number of rotatable bonds is 6. The number of amides is 1. The standard InChI is InChI=1S/C13H18N2O3/c1-9(8-14-2)12(16)15-11(13(17)18)10-6-4-3-5-7-10/h3-7,9,11,14H,8H2,1-2H3,(H,15,16)(H,17,18). The minimum atomic E-state index is -1.06. The Bertz CT molecular complexity index is 406. The van der Waals surface area contributed by atoms with Crippen LogP contribution in [0.4, 0.5) is 0 Å². The molecule has 0 saturated carbocycles. The number of carboxylic acids is 1. The van der Waals surface area contributed by atoms with Gasteiger partial charge in [0.1, 0.15) is 0 Å². The van der Waals surface area contributed by atoms with E-state index in [-0.39, 0.29) is 11.8 Å². The molecule has 0 heterocycles. The third-order valence-electron chi connectivity index (χ3n) is 2.62. The summed E-state index contributed by atoms with van der Waals surface area (Å²) in [6.07, 6.45) is 0. The molecule has 3 N–H and O–H groups in total. The lowest BCUT2D eigenvalue weighted by molar-refractivity contribution is -0.142. The fourth-order valence-corrected chi connectivity index (χ4v) is 1.62. The van der Waals surface area contributed by atoms with Crippen molar-refractivity contribution in [3.05, 3.63) is 35.9 Å². The summed E-state index contributed by atoms with van der Waals surface area (Å²) in [5.41, 5.74) is 0.565. The molecule has 0 aliphatic carbocycles. The maximum atomic E-state index is 11.8. The van der Waals surface area contributed by atoms with Crippen LogP contribution in [-0.2, 0) is 9.59 Å². The van der Waals surface area contributed by atoms with Crippen LogP contribution in [0.5, 0.6) is 0 Å². The molecule has 0 aliphatic heterocycles. The topological polar surface area (TPSA) is 78.4 Å². The van der Waals surface area contributed by atoms with Gasteiger partial charge in [-0.25, -0.2) is 4.79 Å². The maximum Gasteiger partial charge on any atom is 0.330 e. The van der Waals surface area contributed by atoms with Crippen molar-refractivity contribution in [2.24, 2.45) is 5.92 Å². The Labute approximate surface area is 106 Å². The van der Waals surface area contributed by atoms with Crippen molar-refractivity contribution in [1.29, 1.82) is 0 Å². The van der Waals surface area contributed by atoms with Crippen LogP contribution in [0.2, 0.25) is 0 Å². The fraction of sp³-hybridized carbons (Fsp3) is 0.385. The summed E-state index contributed by atoms with van der Waals surface area (Å²) in [5.74, 6) is -1.62. The number of carbonyl (C=O) groups excluding carboxylic acids is 1. The van der Waals surface area contributed by atoms with E-state index in [1.165, 1.54) is 0 Å². The summed E-state index contributed by atoms with van der Waals surface area (Å²) in [6.45, 7) is 2.25. The van der Waals surface area contributed by atoms with E-state index in [9.17, 15) is 9.59 Å². The summed E-state index contributed by atoms with van der Waals surface area (Å²) in [7, 11) is 1.75. The van der Waals surface area contributed by atoms with Crippen molar-refractivity contribution in [2.75, 3.05) is 13.6 Å². The van der Waals surface area contributed by atoms with Crippen LogP contribution in [0, 0.1) is 5.92 Å². The first-order valence-corrected chi connectivity index (χ1v) is 5.79. The van der Waals surface area contributed by atoms with Crippen molar-refractivity contribution in [1.82, 2.24) is 10.6 Å². The molecule has 1 amide bonds. The van der Waals surface area contributed by atoms with Crippen molar-refractivity contribution in [3.63, 3.8) is 0 Å². The van der Waals surface area contributed by atoms with Gasteiger partial charge in [0.25, 0.3) is 0 Å². The predicted octanol–water partition coefficient (Wildman–Crippen LogP) is 0.784. The average molecular weight is 250 g/mol. The highest BCUT2D eigenvalue weighted by Gasteiger charge is 2.23. The number of aliphatic carboxylic acids is 1. The number of carboxylic acid groups (broad SMARTS) is 1. The zero-order chi connectivity index (χ0) is 13.5. The lowest BCUT2D eigenvalue weighted by Gasteiger charge is -2.18. The highest BCUT2D eigenvalue weighted by molar-refractivity contribution is 5.85. The monoisotopic (exact) mass is 250 g/mol. The number of hydrogen-bond acceptors (Lipinski definition) is 3. The van der Waals surface area contributed by atoms with Crippen LogP contribution in [0.3, 0.4) is 0 Å². The van der Waals surface area contributed by atoms with Crippen LogP contribution in [0.25, 0.3) is 0 Å². The number of hydrogen-bond donors (Lipinski definition) is 3. The highest BCUT2D eigenvalue weighted by atomic mass is 16.4. The van der Waals surface area contributed by atoms with Gasteiger partial charge in [-0.1, -0.05) is 37.3 Å². The SMILES string of the molecule is CNCC(C)C(=O)NC(C(=O)O)c1ccccc1. The van der Waals surface area contributed by atoms with Gasteiger partial charge in [0.2, 0.25) is 5.91 Å². The molecule has 2 atom stereocenters. The van der Waals surface area contributed by atoms with Gasteiger partial charge in [-0.05, 0) is 12.6 Å². The largest absolute Gasteiger partial charge is 0.479 e. The van der Waals surface area contributed by atoms with Crippen molar-refractivity contribution >= 4 is 11.9 Å². The summed E-state index contributed by atoms with van der Waals surface area (Å²) >= 11 is 0. The van der Waals surface area contributed by atoms with Crippen molar-refractivity contribution in [2.45, 2.75) is 13.0 Å². The number of carbonyl (C=O) groups is 2. The first-order valence-electron chi connectivity index (χ1n) is 5.79. The van der Waals surface area contributed by atoms with E-state index in [1.807, 2.05) is 0 Å². The molecular formula is C13H18N2O3. The maximum absolute atomic E-state index is 11.8. The highest BCUT2D eigenvalue weighted by Crippen LogP contribution is 2.13. The quantitative estimate of drug-likeness (QED) is 0.697. The van der Waals surface area contributed by atoms with Crippen molar-refractivity contribution < 1.29 is 14.7 Å². The van der Waals surface area contributed by atoms with E-state index in [2.05, 4.69) is 10.6 Å². The Morgan fingerprint density at radius 2 is 1.89 bits per heavy atom. The molecule has 1 aromatic rings. The summed E-state index contributed by atoms with van der Waals surface area (Å²) in [6, 6.07) is 7.65. The molecule has 1 aromatic carbocycles. The molecule has 18 heavy (non-hydrogen) atoms. The second-order valence-corrected chi connectivity index (χ2v) is 4.15. The molecule has 5 heteroatoms. The first-order chi connectivity index (χ1) is 8.56. The summed E-state index contributed by atoms with van der Waals surface area (Å²) < 4.78 is 0. The van der Waals surface area contributed by atoms with Gasteiger partial charge in [0.15, 0.2) is 6.04 Å². The molecule has 1 rings (SSSR count). The summed E-state index contributed by atoms with van der Waals surface area (Å²) in [5, 5.41) is 14.6. The molecule has 5 nitrogen and oxygen atoms in total. The molecule has 0 aromatic heterocycles. The first kappa shape index (κ1) is 14.2. The smallest absolute Gasteiger partial charge is 0.330 e. The van der Waals surface area contributed by atoms with Gasteiger partial charge in [-0.15, -0.1) is 0 Å². The van der Waals surface area contributed by atoms with E-state index in [1.54, 1.807) is 44.3 Å². The van der Waals surface area contributed by atoms with Gasteiger partial charge in [0.05, 0.1) is 0 Å². The molecular weight excluding hydrogens is 232 g/mol. The van der Waals surface area contributed by atoms with Crippen LogP contribution in [0.1, 0.15) is 18.5 Å². The van der Waals surface area contributed by atoms with Crippen LogP contribution in [0.15, 0.2) is 30.3 Å². The number of nitrogens with one attached hydrogen (secondary N) is 2. The molecule has 0 fully saturated rings. The minimum Gasteiger partial charge on any atom is -0.479 e. The Balaban J connectivity index is 2.76. The molecule has 2 unspecified atom stereocenters. The third-order valence-corrected chi connectivity index (χ3v) is 2.62. The van der Waals surface area contributed by atoms with Crippen LogP contribution >= 0.6 is 0 Å². The van der Waals surface area contributed by atoms with Gasteiger partial charge in [-0.3, -0.25) is 4.79 Å². The lowest BCUT2D eigenvalue weighted by Crippen LogP contribution is -2.39. The van der Waals surface area contributed by atoms with Crippen LogP contribution in [-0.4, -0.2) is 30.6 Å². The molecule has 0 spiro atoms. The molecule has 0 saturated heterocycles. The van der Waals surface area contributed by atoms with E-state index < -0.39 is 12.0 Å². The molecule has 0 radical (unpaired) electrons. The lowest BCUT2D eigenvalue weighted by atomic mass is 10.1. The van der Waals surface area contributed by atoms with E-state index in [0.717, 1.165) is 0 Å². The normalized spacial score (nSPS) is 13.7. The second-order valence-electron chi connectivity index (χ2n) is 4.15. The third kappa shape index (κ3) is 3.85. The predicted molar refractivity (Wildman–Crippen MR) is 68.1 cm³/mol. The zero-order valence-electron chi connectivity index (χ0n) is 10.5. The van der Waals surface area contributed by atoms with Gasteiger partial charge in [-0.2, -0.15) is 0 Å². The molecule has 0 bridgehead atoms. The minimum absolute atomic E-state index is 0.277. The van der Waals surface area contributed by atoms with E-state index in [0.29, 0.717) is 12.1 Å². The molecule has 0 aliphatic rings. The van der Waals surface area contributed by atoms with Gasteiger partial charge >= 0.3 is 5.97 Å². The number of benzene rings is 1. The van der Waals surface area contributed by atoms with E-state index in [4.69, 9.17) is 5.11 Å². The van der Waals surface area contributed by atoms with E-state index >= 15 is 0 Å². The average Bonchev–Trinajstić information content (AvgIpc) is 2.36. The Morgan fingerprint density at radius 3 is 2.39 bits per heavy atom. The Morgan fingerprint density at radius 1 is 1.28 bits per heavy atom.